The lowest BCUT2D eigenvalue weighted by atomic mass is 10.2. The van der Waals surface area contributed by atoms with E-state index in [0.29, 0.717) is 33.4 Å². The molecule has 144 valence electrons. The minimum Gasteiger partial charge on any atom is -0.453 e. The molecular formula is C18H16ClN5O2S2. The molecule has 28 heavy (non-hydrogen) atoms. The summed E-state index contributed by atoms with van der Waals surface area (Å²) in [7, 11) is 0. The van der Waals surface area contributed by atoms with Gasteiger partial charge in [-0.2, -0.15) is 0 Å². The lowest BCUT2D eigenvalue weighted by Crippen LogP contribution is -2.14. The standard InChI is InChI=1S/C18H16ClN5O2S2/c1-3-24-16(14-7-11-6-12(19)4-5-13(11)26-14)22-23-18(24)28-9-15(25)21-17-20-10(2)8-27-17/h4-8H,3,9H2,1-2H3,(H,20,21,25). The number of thiazole rings is 1. The van der Waals surface area contributed by atoms with Crippen molar-refractivity contribution in [3.63, 3.8) is 0 Å². The minimum atomic E-state index is -0.134. The first-order valence-corrected chi connectivity index (χ1v) is 10.7. The molecule has 3 heterocycles. The summed E-state index contributed by atoms with van der Waals surface area (Å²) in [5.74, 6) is 1.31. The smallest absolute Gasteiger partial charge is 0.236 e. The number of carbonyl (C=O) groups is 1. The number of rotatable bonds is 6. The van der Waals surface area contributed by atoms with Gasteiger partial charge in [0.25, 0.3) is 0 Å². The lowest BCUT2D eigenvalue weighted by molar-refractivity contribution is -0.113. The van der Waals surface area contributed by atoms with Gasteiger partial charge in [0.1, 0.15) is 5.58 Å². The molecule has 1 N–H and O–H groups in total. The monoisotopic (exact) mass is 433 g/mol. The van der Waals surface area contributed by atoms with Gasteiger partial charge in [0.15, 0.2) is 16.0 Å². The number of furan rings is 1. The largest absolute Gasteiger partial charge is 0.453 e. The number of amides is 1. The van der Waals surface area contributed by atoms with Gasteiger partial charge in [-0.15, -0.1) is 21.5 Å². The van der Waals surface area contributed by atoms with Crippen molar-refractivity contribution in [2.24, 2.45) is 0 Å². The van der Waals surface area contributed by atoms with Crippen molar-refractivity contribution in [3.8, 4) is 11.6 Å². The first-order chi connectivity index (χ1) is 13.5. The zero-order chi connectivity index (χ0) is 19.7. The second kappa shape index (κ2) is 7.94. The van der Waals surface area contributed by atoms with Crippen molar-refractivity contribution in [3.05, 3.63) is 40.4 Å². The third-order valence-electron chi connectivity index (χ3n) is 3.93. The van der Waals surface area contributed by atoms with Crippen LogP contribution in [-0.2, 0) is 11.3 Å². The lowest BCUT2D eigenvalue weighted by Gasteiger charge is -2.05. The van der Waals surface area contributed by atoms with Crippen molar-refractivity contribution in [1.29, 1.82) is 0 Å². The van der Waals surface area contributed by atoms with Crippen molar-refractivity contribution < 1.29 is 9.21 Å². The Labute approximate surface area is 174 Å². The van der Waals surface area contributed by atoms with E-state index in [1.165, 1.54) is 23.1 Å². The number of hydrogen-bond acceptors (Lipinski definition) is 7. The molecule has 0 saturated carbocycles. The van der Waals surface area contributed by atoms with E-state index >= 15 is 0 Å². The molecule has 0 atom stereocenters. The molecule has 0 aliphatic rings. The van der Waals surface area contributed by atoms with Crippen LogP contribution in [0.15, 0.2) is 39.2 Å². The summed E-state index contributed by atoms with van der Waals surface area (Å²) in [6.07, 6.45) is 0. The van der Waals surface area contributed by atoms with Crippen LogP contribution in [0.2, 0.25) is 5.02 Å². The fourth-order valence-electron chi connectivity index (χ4n) is 2.68. The van der Waals surface area contributed by atoms with Crippen molar-refractivity contribution in [2.45, 2.75) is 25.5 Å². The van der Waals surface area contributed by atoms with E-state index in [2.05, 4.69) is 20.5 Å². The number of anilines is 1. The van der Waals surface area contributed by atoms with Gasteiger partial charge in [-0.25, -0.2) is 4.98 Å². The Morgan fingerprint density at radius 2 is 2.21 bits per heavy atom. The molecule has 0 bridgehead atoms. The third kappa shape index (κ3) is 3.91. The summed E-state index contributed by atoms with van der Waals surface area (Å²) in [5, 5.41) is 16.0. The molecule has 0 spiro atoms. The normalized spacial score (nSPS) is 11.2. The van der Waals surface area contributed by atoms with E-state index in [4.69, 9.17) is 16.0 Å². The molecule has 1 aromatic carbocycles. The Kier molecular flexibility index (Phi) is 5.38. The maximum atomic E-state index is 12.2. The zero-order valence-corrected chi connectivity index (χ0v) is 17.5. The quantitative estimate of drug-likeness (QED) is 0.437. The third-order valence-corrected chi connectivity index (χ3v) is 6.01. The molecule has 3 aromatic heterocycles. The summed E-state index contributed by atoms with van der Waals surface area (Å²) in [5.41, 5.74) is 1.62. The molecule has 4 rings (SSSR count). The Morgan fingerprint density at radius 1 is 1.36 bits per heavy atom. The van der Waals surface area contributed by atoms with Crippen LogP contribution < -0.4 is 5.32 Å². The molecule has 4 aromatic rings. The predicted molar refractivity (Wildman–Crippen MR) is 112 cm³/mol. The number of nitrogens with zero attached hydrogens (tertiary/aromatic N) is 4. The van der Waals surface area contributed by atoms with Gasteiger partial charge in [0, 0.05) is 22.3 Å². The maximum absolute atomic E-state index is 12.2. The molecule has 1 amide bonds. The molecular weight excluding hydrogens is 418 g/mol. The van der Waals surface area contributed by atoms with Crippen LogP contribution in [-0.4, -0.2) is 31.4 Å². The number of hydrogen-bond donors (Lipinski definition) is 1. The van der Waals surface area contributed by atoms with E-state index in [1.54, 1.807) is 6.07 Å². The first kappa shape index (κ1) is 19.0. The highest BCUT2D eigenvalue weighted by Gasteiger charge is 2.18. The highest BCUT2D eigenvalue weighted by molar-refractivity contribution is 7.99. The maximum Gasteiger partial charge on any atom is 0.236 e. The number of fused-ring (bicyclic) bond motifs is 1. The zero-order valence-electron chi connectivity index (χ0n) is 15.1. The molecule has 10 heteroatoms. The summed E-state index contributed by atoms with van der Waals surface area (Å²) >= 11 is 8.77. The first-order valence-electron chi connectivity index (χ1n) is 8.51. The van der Waals surface area contributed by atoms with Crippen molar-refractivity contribution >= 4 is 56.7 Å². The minimum absolute atomic E-state index is 0.134. The Bertz CT molecular complexity index is 1150. The Hall–Kier alpha value is -2.36. The summed E-state index contributed by atoms with van der Waals surface area (Å²) in [4.78, 5) is 16.4. The van der Waals surface area contributed by atoms with Gasteiger partial charge in [-0.3, -0.25) is 9.36 Å². The SMILES string of the molecule is CCn1c(SCC(=O)Nc2nc(C)cs2)nnc1-c1cc2cc(Cl)ccc2o1. The molecule has 0 aliphatic heterocycles. The average Bonchev–Trinajstić information content (AvgIpc) is 3.37. The second-order valence-corrected chi connectivity index (χ2v) is 8.21. The van der Waals surface area contributed by atoms with E-state index < -0.39 is 0 Å². The molecule has 0 aliphatic carbocycles. The van der Waals surface area contributed by atoms with Crippen molar-refractivity contribution in [1.82, 2.24) is 19.7 Å². The fourth-order valence-corrected chi connectivity index (χ4v) is 4.37. The van der Waals surface area contributed by atoms with Crippen LogP contribution in [0.4, 0.5) is 5.13 Å². The molecule has 0 unspecified atom stereocenters. The van der Waals surface area contributed by atoms with Crippen LogP contribution in [0.5, 0.6) is 0 Å². The number of thioether (sulfide) groups is 1. The Morgan fingerprint density at radius 3 is 2.96 bits per heavy atom. The number of aromatic nitrogens is 4. The number of benzene rings is 1. The van der Waals surface area contributed by atoms with Gasteiger partial charge in [-0.05, 0) is 38.1 Å². The van der Waals surface area contributed by atoms with E-state index in [1.807, 2.05) is 42.0 Å². The van der Waals surface area contributed by atoms with Gasteiger partial charge in [-0.1, -0.05) is 23.4 Å². The number of aryl methyl sites for hydroxylation is 1. The van der Waals surface area contributed by atoms with Crippen molar-refractivity contribution in [2.75, 3.05) is 11.1 Å². The van der Waals surface area contributed by atoms with Gasteiger partial charge in [0.2, 0.25) is 11.7 Å². The number of carbonyl (C=O) groups excluding carboxylic acids is 1. The predicted octanol–water partition coefficient (Wildman–Crippen LogP) is 4.86. The van der Waals surface area contributed by atoms with Gasteiger partial charge >= 0.3 is 0 Å². The highest BCUT2D eigenvalue weighted by atomic mass is 35.5. The van der Waals surface area contributed by atoms with Crippen LogP contribution in [0.1, 0.15) is 12.6 Å². The average molecular weight is 434 g/mol. The fraction of sp³-hybridized carbons (Fsp3) is 0.222. The second-order valence-electron chi connectivity index (χ2n) is 5.97. The van der Waals surface area contributed by atoms with Crippen LogP contribution in [0, 0.1) is 6.92 Å². The van der Waals surface area contributed by atoms with E-state index in [9.17, 15) is 4.79 Å². The topological polar surface area (TPSA) is 85.8 Å². The van der Waals surface area contributed by atoms with Crippen LogP contribution in [0.25, 0.3) is 22.6 Å². The molecule has 0 saturated heterocycles. The van der Waals surface area contributed by atoms with E-state index in [0.717, 1.165) is 16.7 Å². The molecule has 0 fully saturated rings. The number of nitrogens with one attached hydrogen (secondary N) is 1. The van der Waals surface area contributed by atoms with Gasteiger partial charge in [0.05, 0.1) is 11.4 Å². The molecule has 0 radical (unpaired) electrons. The van der Waals surface area contributed by atoms with E-state index in [-0.39, 0.29) is 11.7 Å². The molecule has 7 nitrogen and oxygen atoms in total. The summed E-state index contributed by atoms with van der Waals surface area (Å²) < 4.78 is 7.82. The van der Waals surface area contributed by atoms with Crippen LogP contribution >= 0.6 is 34.7 Å². The summed E-state index contributed by atoms with van der Waals surface area (Å²) in [6, 6.07) is 7.35. The number of halogens is 1. The highest BCUT2D eigenvalue weighted by Crippen LogP contribution is 2.30. The summed E-state index contributed by atoms with van der Waals surface area (Å²) in [6.45, 7) is 4.53. The Balaban J connectivity index is 1.51. The van der Waals surface area contributed by atoms with Gasteiger partial charge < -0.3 is 9.73 Å². The van der Waals surface area contributed by atoms with Crippen LogP contribution in [0.3, 0.4) is 0 Å².